The van der Waals surface area contributed by atoms with Crippen molar-refractivity contribution in [2.45, 2.75) is 32.3 Å². The smallest absolute Gasteiger partial charge is 0.249 e. The van der Waals surface area contributed by atoms with Crippen LogP contribution in [0.2, 0.25) is 0 Å². The van der Waals surface area contributed by atoms with Gasteiger partial charge in [-0.1, -0.05) is 0 Å². The topological polar surface area (TPSA) is 38.3 Å². The highest BCUT2D eigenvalue weighted by atomic mass is 16.5. The molecule has 64 valence electrons. The van der Waals surface area contributed by atoms with Crippen molar-refractivity contribution in [3.63, 3.8) is 0 Å². The maximum Gasteiger partial charge on any atom is 0.249 e. The molecule has 1 amide bonds. The Hall–Kier alpha value is -0.570. The van der Waals surface area contributed by atoms with Gasteiger partial charge in [0, 0.05) is 13.2 Å². The van der Waals surface area contributed by atoms with Crippen molar-refractivity contribution in [2.75, 3.05) is 13.2 Å². The molecule has 1 fully saturated rings. The van der Waals surface area contributed by atoms with E-state index in [-0.39, 0.29) is 12.0 Å². The van der Waals surface area contributed by atoms with Crippen LogP contribution in [0.15, 0.2) is 0 Å². The third-order valence-corrected chi connectivity index (χ3v) is 1.82. The van der Waals surface area contributed by atoms with Gasteiger partial charge in [0.05, 0.1) is 0 Å². The van der Waals surface area contributed by atoms with Crippen molar-refractivity contribution in [1.29, 1.82) is 0 Å². The van der Waals surface area contributed by atoms with E-state index in [1.165, 1.54) is 0 Å². The zero-order valence-corrected chi connectivity index (χ0v) is 6.93. The average molecular weight is 157 g/mol. The second-order valence-electron chi connectivity index (χ2n) is 2.75. The minimum atomic E-state index is -0.177. The van der Waals surface area contributed by atoms with Crippen LogP contribution in [0.3, 0.4) is 0 Å². The van der Waals surface area contributed by atoms with Crippen LogP contribution in [0.25, 0.3) is 0 Å². The van der Waals surface area contributed by atoms with Gasteiger partial charge in [0.15, 0.2) is 0 Å². The van der Waals surface area contributed by atoms with E-state index in [1.807, 2.05) is 6.92 Å². The molecule has 0 aliphatic carbocycles. The number of nitrogens with one attached hydrogen (secondary N) is 1. The second kappa shape index (κ2) is 4.34. The van der Waals surface area contributed by atoms with Crippen LogP contribution in [-0.2, 0) is 9.53 Å². The fourth-order valence-corrected chi connectivity index (χ4v) is 1.24. The predicted octanol–water partition coefficient (Wildman–Crippen LogP) is 0.692. The summed E-state index contributed by atoms with van der Waals surface area (Å²) < 4.78 is 5.28. The molecular weight excluding hydrogens is 142 g/mol. The Balaban J connectivity index is 2.27. The molecule has 0 saturated carbocycles. The van der Waals surface area contributed by atoms with E-state index < -0.39 is 0 Å². The lowest BCUT2D eigenvalue weighted by atomic mass is 10.1. The summed E-state index contributed by atoms with van der Waals surface area (Å²) in [5.41, 5.74) is 0. The second-order valence-corrected chi connectivity index (χ2v) is 2.75. The van der Waals surface area contributed by atoms with Crippen molar-refractivity contribution in [3.05, 3.63) is 0 Å². The van der Waals surface area contributed by atoms with Gasteiger partial charge >= 0.3 is 0 Å². The molecule has 1 aliphatic heterocycles. The Kier molecular flexibility index (Phi) is 3.36. The lowest BCUT2D eigenvalue weighted by Crippen LogP contribution is -2.38. The van der Waals surface area contributed by atoms with Gasteiger partial charge in [0.2, 0.25) is 5.91 Å². The van der Waals surface area contributed by atoms with E-state index in [0.717, 1.165) is 25.9 Å². The maximum absolute atomic E-state index is 11.2. The summed E-state index contributed by atoms with van der Waals surface area (Å²) in [5.74, 6) is 0.0483. The van der Waals surface area contributed by atoms with Crippen LogP contribution in [0, 0.1) is 0 Å². The van der Waals surface area contributed by atoms with Gasteiger partial charge < -0.3 is 10.1 Å². The summed E-state index contributed by atoms with van der Waals surface area (Å²) in [7, 11) is 0. The Morgan fingerprint density at radius 2 is 2.45 bits per heavy atom. The highest BCUT2D eigenvalue weighted by molar-refractivity contribution is 5.80. The van der Waals surface area contributed by atoms with Crippen LogP contribution in [-0.4, -0.2) is 25.2 Å². The number of rotatable bonds is 2. The van der Waals surface area contributed by atoms with E-state index in [1.54, 1.807) is 0 Å². The van der Waals surface area contributed by atoms with E-state index >= 15 is 0 Å². The highest BCUT2D eigenvalue weighted by Gasteiger charge is 2.20. The molecule has 1 rings (SSSR count). The summed E-state index contributed by atoms with van der Waals surface area (Å²) in [6.45, 7) is 3.35. The molecule has 0 bridgehead atoms. The van der Waals surface area contributed by atoms with Crippen LogP contribution in [0.1, 0.15) is 26.2 Å². The quantitative estimate of drug-likeness (QED) is 0.640. The van der Waals surface area contributed by atoms with Crippen LogP contribution in [0.5, 0.6) is 0 Å². The highest BCUT2D eigenvalue weighted by Crippen LogP contribution is 2.12. The first-order chi connectivity index (χ1) is 5.34. The molecule has 1 saturated heterocycles. The predicted molar refractivity (Wildman–Crippen MR) is 42.3 cm³/mol. The largest absolute Gasteiger partial charge is 0.368 e. The summed E-state index contributed by atoms with van der Waals surface area (Å²) >= 11 is 0. The number of carbonyl (C=O) groups excluding carboxylic acids is 1. The van der Waals surface area contributed by atoms with E-state index in [4.69, 9.17) is 4.74 Å². The van der Waals surface area contributed by atoms with Gasteiger partial charge in [0.1, 0.15) is 6.10 Å². The minimum absolute atomic E-state index is 0.0483. The first kappa shape index (κ1) is 8.53. The summed E-state index contributed by atoms with van der Waals surface area (Å²) in [4.78, 5) is 11.2. The van der Waals surface area contributed by atoms with E-state index in [2.05, 4.69) is 5.32 Å². The maximum atomic E-state index is 11.2. The average Bonchev–Trinajstić information content (AvgIpc) is 2.07. The number of hydrogen-bond donors (Lipinski definition) is 1. The first-order valence-corrected chi connectivity index (χ1v) is 4.24. The molecule has 1 atom stereocenters. The first-order valence-electron chi connectivity index (χ1n) is 4.24. The lowest BCUT2D eigenvalue weighted by molar-refractivity contribution is -0.135. The van der Waals surface area contributed by atoms with Crippen LogP contribution >= 0.6 is 0 Å². The third kappa shape index (κ3) is 2.50. The monoisotopic (exact) mass is 157 g/mol. The molecule has 0 aromatic rings. The fourth-order valence-electron chi connectivity index (χ4n) is 1.24. The Bertz CT molecular complexity index is 130. The number of hydrogen-bond acceptors (Lipinski definition) is 2. The summed E-state index contributed by atoms with van der Waals surface area (Å²) in [6, 6.07) is 0. The van der Waals surface area contributed by atoms with E-state index in [0.29, 0.717) is 6.54 Å². The number of amides is 1. The Morgan fingerprint density at radius 3 is 3.00 bits per heavy atom. The molecule has 1 aliphatic rings. The van der Waals surface area contributed by atoms with Crippen molar-refractivity contribution in [1.82, 2.24) is 5.32 Å². The van der Waals surface area contributed by atoms with Gasteiger partial charge in [-0.2, -0.15) is 0 Å². The molecule has 3 nitrogen and oxygen atoms in total. The number of ether oxygens (including phenoxy) is 1. The molecular formula is C8H15NO2. The summed E-state index contributed by atoms with van der Waals surface area (Å²) in [6.07, 6.45) is 2.91. The third-order valence-electron chi connectivity index (χ3n) is 1.82. The lowest BCUT2D eigenvalue weighted by Gasteiger charge is -2.21. The molecule has 0 aromatic carbocycles. The molecule has 1 N–H and O–H groups in total. The zero-order chi connectivity index (χ0) is 8.10. The zero-order valence-electron chi connectivity index (χ0n) is 6.93. The van der Waals surface area contributed by atoms with Crippen molar-refractivity contribution in [2.24, 2.45) is 0 Å². The summed E-state index contributed by atoms with van der Waals surface area (Å²) in [5, 5.41) is 2.75. The Morgan fingerprint density at radius 1 is 1.64 bits per heavy atom. The number of carbonyl (C=O) groups is 1. The molecule has 0 spiro atoms. The Labute approximate surface area is 67.1 Å². The molecule has 0 aromatic heterocycles. The van der Waals surface area contributed by atoms with E-state index in [9.17, 15) is 4.79 Å². The molecule has 1 heterocycles. The fraction of sp³-hybridized carbons (Fsp3) is 0.875. The molecule has 11 heavy (non-hydrogen) atoms. The molecule has 3 heteroatoms. The molecule has 1 unspecified atom stereocenters. The SMILES string of the molecule is CCNC(=O)C1CCCCO1. The van der Waals surface area contributed by atoms with Gasteiger partial charge in [-0.15, -0.1) is 0 Å². The molecule has 0 radical (unpaired) electrons. The standard InChI is InChI=1S/C8H15NO2/c1-2-9-8(10)7-5-3-4-6-11-7/h7H,2-6H2,1H3,(H,9,10). The van der Waals surface area contributed by atoms with Crippen molar-refractivity contribution < 1.29 is 9.53 Å². The van der Waals surface area contributed by atoms with Crippen LogP contribution < -0.4 is 5.32 Å². The van der Waals surface area contributed by atoms with Crippen molar-refractivity contribution in [3.8, 4) is 0 Å². The van der Waals surface area contributed by atoms with Crippen LogP contribution in [0.4, 0.5) is 0 Å². The number of likely N-dealkylation sites (N-methyl/N-ethyl adjacent to an activating group) is 1. The van der Waals surface area contributed by atoms with Gasteiger partial charge in [0.25, 0.3) is 0 Å². The normalized spacial score (nSPS) is 24.6. The van der Waals surface area contributed by atoms with Gasteiger partial charge in [-0.25, -0.2) is 0 Å². The minimum Gasteiger partial charge on any atom is -0.368 e. The van der Waals surface area contributed by atoms with Crippen molar-refractivity contribution >= 4 is 5.91 Å². The van der Waals surface area contributed by atoms with Gasteiger partial charge in [-0.3, -0.25) is 4.79 Å². The van der Waals surface area contributed by atoms with Gasteiger partial charge in [-0.05, 0) is 26.2 Å².